The Balaban J connectivity index is 2.36. The first-order valence-corrected chi connectivity index (χ1v) is 6.68. The van der Waals surface area contributed by atoms with Crippen molar-refractivity contribution in [1.82, 2.24) is 9.78 Å². The van der Waals surface area contributed by atoms with Crippen LogP contribution in [0.1, 0.15) is 37.8 Å². The number of hydrogen-bond acceptors (Lipinski definition) is 2. The molecule has 0 aliphatic rings. The van der Waals surface area contributed by atoms with Crippen LogP contribution < -0.4 is 5.73 Å². The zero-order chi connectivity index (χ0) is 13.0. The van der Waals surface area contributed by atoms with E-state index in [1.54, 1.807) is 0 Å². The van der Waals surface area contributed by atoms with Crippen LogP contribution >= 0.6 is 0 Å². The fourth-order valence-electron chi connectivity index (χ4n) is 2.16. The monoisotopic (exact) mass is 243 g/mol. The second kappa shape index (κ2) is 5.71. The van der Waals surface area contributed by atoms with E-state index < -0.39 is 0 Å². The van der Waals surface area contributed by atoms with Crippen LogP contribution in [0.15, 0.2) is 30.5 Å². The second-order valence-electron chi connectivity index (χ2n) is 4.55. The molecule has 0 saturated heterocycles. The summed E-state index contributed by atoms with van der Waals surface area (Å²) in [5.74, 6) is 0.782. The maximum atomic E-state index is 6.20. The van der Waals surface area contributed by atoms with E-state index in [0.29, 0.717) is 0 Å². The zero-order valence-corrected chi connectivity index (χ0v) is 11.2. The topological polar surface area (TPSA) is 43.8 Å². The molecule has 1 aromatic carbocycles. The van der Waals surface area contributed by atoms with Crippen LogP contribution in [0.4, 0.5) is 5.82 Å². The maximum absolute atomic E-state index is 6.20. The van der Waals surface area contributed by atoms with Crippen molar-refractivity contribution in [3.05, 3.63) is 41.6 Å². The van der Waals surface area contributed by atoms with Gasteiger partial charge in [0.1, 0.15) is 5.82 Å². The number of anilines is 1. The molecular weight excluding hydrogens is 222 g/mol. The molecule has 0 fully saturated rings. The van der Waals surface area contributed by atoms with E-state index in [0.717, 1.165) is 36.3 Å². The first kappa shape index (κ1) is 12.7. The van der Waals surface area contributed by atoms with E-state index in [4.69, 9.17) is 5.73 Å². The lowest BCUT2D eigenvalue weighted by Gasteiger charge is -2.09. The highest BCUT2D eigenvalue weighted by molar-refractivity contribution is 5.50. The molecule has 3 nitrogen and oxygen atoms in total. The molecular formula is C15H21N3. The van der Waals surface area contributed by atoms with Gasteiger partial charge in [0, 0.05) is 5.56 Å². The summed E-state index contributed by atoms with van der Waals surface area (Å²) in [5, 5.41) is 4.44. The molecule has 0 unspecified atom stereocenters. The van der Waals surface area contributed by atoms with Crippen molar-refractivity contribution in [2.45, 2.75) is 39.5 Å². The minimum atomic E-state index is 0.782. The maximum Gasteiger partial charge on any atom is 0.130 e. The molecule has 18 heavy (non-hydrogen) atoms. The van der Waals surface area contributed by atoms with Gasteiger partial charge in [0.25, 0.3) is 0 Å². The third-order valence-electron chi connectivity index (χ3n) is 3.29. The number of nitrogen functional groups attached to an aromatic ring is 1. The van der Waals surface area contributed by atoms with Gasteiger partial charge in [0.2, 0.25) is 0 Å². The zero-order valence-electron chi connectivity index (χ0n) is 11.2. The fourth-order valence-corrected chi connectivity index (χ4v) is 2.16. The summed E-state index contributed by atoms with van der Waals surface area (Å²) < 4.78 is 1.86. The van der Waals surface area contributed by atoms with E-state index in [2.05, 4.69) is 37.1 Å². The smallest absolute Gasteiger partial charge is 0.130 e. The minimum Gasteiger partial charge on any atom is -0.383 e. The van der Waals surface area contributed by atoms with Crippen molar-refractivity contribution >= 4 is 5.82 Å². The van der Waals surface area contributed by atoms with Crippen molar-refractivity contribution in [3.63, 3.8) is 0 Å². The summed E-state index contributed by atoms with van der Waals surface area (Å²) in [6.07, 6.45) is 6.23. The number of aryl methyl sites for hydroxylation is 2. The van der Waals surface area contributed by atoms with Crippen molar-refractivity contribution in [2.75, 3.05) is 5.73 Å². The minimum absolute atomic E-state index is 0.782. The number of unbranched alkanes of at least 4 members (excludes halogenated alkanes) is 1. The van der Waals surface area contributed by atoms with E-state index >= 15 is 0 Å². The van der Waals surface area contributed by atoms with Crippen LogP contribution in [-0.2, 0) is 12.8 Å². The highest BCUT2D eigenvalue weighted by atomic mass is 15.3. The standard InChI is InChI=1S/C15H21N3/c1-3-5-8-13-11-17-18(15(13)16)14-10-7-6-9-12(14)4-2/h6-7,9-11H,3-5,8,16H2,1-2H3. The third kappa shape index (κ3) is 2.40. The lowest BCUT2D eigenvalue weighted by atomic mass is 10.1. The Bertz CT molecular complexity index is 514. The van der Waals surface area contributed by atoms with E-state index in [1.165, 1.54) is 12.0 Å². The van der Waals surface area contributed by atoms with Gasteiger partial charge in [0.05, 0.1) is 11.9 Å². The Morgan fingerprint density at radius 3 is 2.67 bits per heavy atom. The van der Waals surface area contributed by atoms with Gasteiger partial charge in [-0.2, -0.15) is 5.10 Å². The lowest BCUT2D eigenvalue weighted by molar-refractivity contribution is 0.796. The van der Waals surface area contributed by atoms with Gasteiger partial charge in [-0.1, -0.05) is 38.5 Å². The second-order valence-corrected chi connectivity index (χ2v) is 4.55. The van der Waals surface area contributed by atoms with Crippen LogP contribution in [0.3, 0.4) is 0 Å². The number of rotatable bonds is 5. The van der Waals surface area contributed by atoms with E-state index in [-0.39, 0.29) is 0 Å². The predicted molar refractivity (Wildman–Crippen MR) is 76.0 cm³/mol. The van der Waals surface area contributed by atoms with E-state index in [9.17, 15) is 0 Å². The third-order valence-corrected chi connectivity index (χ3v) is 3.29. The number of aromatic nitrogens is 2. The Labute approximate surface area is 109 Å². The number of nitrogens with two attached hydrogens (primary N) is 1. The van der Waals surface area contributed by atoms with Crippen LogP contribution in [-0.4, -0.2) is 9.78 Å². The van der Waals surface area contributed by atoms with Crippen molar-refractivity contribution in [1.29, 1.82) is 0 Å². The van der Waals surface area contributed by atoms with E-state index in [1.807, 2.05) is 16.9 Å². The molecule has 3 heteroatoms. The number of nitrogens with zero attached hydrogens (tertiary/aromatic N) is 2. The number of para-hydroxylation sites is 1. The molecule has 0 aliphatic heterocycles. The molecule has 0 spiro atoms. The quantitative estimate of drug-likeness (QED) is 0.875. The van der Waals surface area contributed by atoms with Gasteiger partial charge in [-0.3, -0.25) is 0 Å². The molecule has 0 aliphatic carbocycles. The average Bonchev–Trinajstić information content (AvgIpc) is 2.77. The highest BCUT2D eigenvalue weighted by Crippen LogP contribution is 2.21. The SMILES string of the molecule is CCCCc1cnn(-c2ccccc2CC)c1N. The van der Waals surface area contributed by atoms with Gasteiger partial charge < -0.3 is 5.73 Å². The predicted octanol–water partition coefficient (Wildman–Crippen LogP) is 3.36. The Morgan fingerprint density at radius 1 is 1.17 bits per heavy atom. The van der Waals surface area contributed by atoms with Crippen molar-refractivity contribution < 1.29 is 0 Å². The largest absolute Gasteiger partial charge is 0.383 e. The Kier molecular flexibility index (Phi) is 4.03. The van der Waals surface area contributed by atoms with Gasteiger partial charge in [-0.25, -0.2) is 4.68 Å². The van der Waals surface area contributed by atoms with Gasteiger partial charge in [-0.15, -0.1) is 0 Å². The Morgan fingerprint density at radius 2 is 1.94 bits per heavy atom. The average molecular weight is 243 g/mol. The molecule has 0 amide bonds. The van der Waals surface area contributed by atoms with Crippen LogP contribution in [0.5, 0.6) is 0 Å². The molecule has 0 saturated carbocycles. The molecule has 0 bridgehead atoms. The Hall–Kier alpha value is -1.77. The van der Waals surface area contributed by atoms with Gasteiger partial charge >= 0.3 is 0 Å². The van der Waals surface area contributed by atoms with Crippen LogP contribution in [0.25, 0.3) is 5.69 Å². The molecule has 2 aromatic rings. The summed E-state index contributed by atoms with van der Waals surface area (Å²) in [6.45, 7) is 4.34. The lowest BCUT2D eigenvalue weighted by Crippen LogP contribution is -2.05. The molecule has 1 aromatic heterocycles. The van der Waals surface area contributed by atoms with Crippen molar-refractivity contribution in [3.8, 4) is 5.69 Å². The fraction of sp³-hybridized carbons (Fsp3) is 0.400. The molecule has 0 atom stereocenters. The highest BCUT2D eigenvalue weighted by Gasteiger charge is 2.10. The molecule has 2 rings (SSSR count). The molecule has 1 heterocycles. The van der Waals surface area contributed by atoms with Gasteiger partial charge in [-0.05, 0) is 30.9 Å². The molecule has 0 radical (unpaired) electrons. The number of hydrogen-bond donors (Lipinski definition) is 1. The molecule has 2 N–H and O–H groups in total. The number of benzene rings is 1. The summed E-state index contributed by atoms with van der Waals surface area (Å²) >= 11 is 0. The van der Waals surface area contributed by atoms with Crippen molar-refractivity contribution in [2.24, 2.45) is 0 Å². The first-order chi connectivity index (χ1) is 8.77. The van der Waals surface area contributed by atoms with Crippen LogP contribution in [0, 0.1) is 0 Å². The summed E-state index contributed by atoms with van der Waals surface area (Å²) in [5.41, 5.74) is 9.73. The van der Waals surface area contributed by atoms with Crippen LogP contribution in [0.2, 0.25) is 0 Å². The van der Waals surface area contributed by atoms with Gasteiger partial charge in [0.15, 0.2) is 0 Å². The first-order valence-electron chi connectivity index (χ1n) is 6.68. The summed E-state index contributed by atoms with van der Waals surface area (Å²) in [7, 11) is 0. The normalized spacial score (nSPS) is 10.8. The summed E-state index contributed by atoms with van der Waals surface area (Å²) in [4.78, 5) is 0. The molecule has 96 valence electrons. The summed E-state index contributed by atoms with van der Waals surface area (Å²) in [6, 6.07) is 8.29.